The molecule has 1 aromatic heterocycles. The van der Waals surface area contributed by atoms with Crippen LogP contribution >= 0.6 is 0 Å². The molecule has 176 valence electrons. The first-order valence-electron chi connectivity index (χ1n) is 11.7. The lowest BCUT2D eigenvalue weighted by Gasteiger charge is -2.37. The maximum Gasteiger partial charge on any atom is 0.271 e. The van der Waals surface area contributed by atoms with Crippen LogP contribution < -0.4 is 10.6 Å². The van der Waals surface area contributed by atoms with Crippen molar-refractivity contribution >= 4 is 11.8 Å². The first-order chi connectivity index (χ1) is 15.4. The predicted molar refractivity (Wildman–Crippen MR) is 123 cm³/mol. The Morgan fingerprint density at radius 1 is 1.22 bits per heavy atom. The zero-order chi connectivity index (χ0) is 22.9. The molecule has 8 heteroatoms. The van der Waals surface area contributed by atoms with Gasteiger partial charge in [0, 0.05) is 51.5 Å². The van der Waals surface area contributed by atoms with E-state index in [1.54, 1.807) is 6.20 Å². The molecule has 2 heterocycles. The van der Waals surface area contributed by atoms with Crippen molar-refractivity contribution in [1.29, 1.82) is 0 Å². The van der Waals surface area contributed by atoms with Crippen LogP contribution in [0.15, 0.2) is 30.2 Å². The molecular weight excluding hydrogens is 406 g/mol. The Balaban J connectivity index is 1.50. The minimum absolute atomic E-state index is 0.118. The molecule has 1 saturated heterocycles. The number of aromatic nitrogens is 2. The number of allylic oxidation sites excluding steroid dienone is 1. The average Bonchev–Trinajstić information content (AvgIpc) is 2.80. The molecule has 0 bridgehead atoms. The number of nitrogens with zero attached hydrogens (tertiary/aromatic N) is 3. The van der Waals surface area contributed by atoms with Gasteiger partial charge >= 0.3 is 0 Å². The Hall–Kier alpha value is -2.32. The highest BCUT2D eigenvalue weighted by Crippen LogP contribution is 2.38. The number of ether oxygens (including phenoxy) is 1. The van der Waals surface area contributed by atoms with Gasteiger partial charge in [0.25, 0.3) is 5.91 Å². The van der Waals surface area contributed by atoms with Crippen molar-refractivity contribution in [2.75, 3.05) is 45.9 Å². The molecule has 0 aromatic carbocycles. The number of carbonyl (C=O) groups is 2. The van der Waals surface area contributed by atoms with Crippen LogP contribution in [0.5, 0.6) is 0 Å². The molecule has 32 heavy (non-hydrogen) atoms. The maximum absolute atomic E-state index is 12.6. The van der Waals surface area contributed by atoms with Crippen molar-refractivity contribution < 1.29 is 14.3 Å². The van der Waals surface area contributed by atoms with Gasteiger partial charge in [0.15, 0.2) is 0 Å². The third-order valence-corrected chi connectivity index (χ3v) is 6.66. The van der Waals surface area contributed by atoms with Crippen molar-refractivity contribution in [2.45, 2.75) is 33.6 Å². The van der Waals surface area contributed by atoms with E-state index in [0.717, 1.165) is 39.3 Å². The minimum Gasteiger partial charge on any atom is -0.379 e. The number of nitrogens with one attached hydrogen (secondary N) is 2. The van der Waals surface area contributed by atoms with E-state index in [2.05, 4.69) is 52.3 Å². The molecule has 3 rings (SSSR count). The first kappa shape index (κ1) is 24.3. The Morgan fingerprint density at radius 3 is 2.69 bits per heavy atom. The predicted octanol–water partition coefficient (Wildman–Crippen LogP) is 1.90. The van der Waals surface area contributed by atoms with Gasteiger partial charge in [-0.15, -0.1) is 0 Å². The summed E-state index contributed by atoms with van der Waals surface area (Å²) in [5, 5.41) is 6.10. The number of rotatable bonds is 9. The number of carbonyl (C=O) groups excluding carboxylic acids is 2. The second kappa shape index (κ2) is 12.1. The summed E-state index contributed by atoms with van der Waals surface area (Å²) in [6.07, 6.45) is 8.29. The highest BCUT2D eigenvalue weighted by Gasteiger charge is 2.32. The fourth-order valence-corrected chi connectivity index (χ4v) is 4.70. The summed E-state index contributed by atoms with van der Waals surface area (Å²) in [5.74, 6) is 1.28. The van der Waals surface area contributed by atoms with E-state index in [4.69, 9.17) is 4.74 Å². The molecular formula is C24H37N5O3. The average molecular weight is 444 g/mol. The zero-order valence-electron chi connectivity index (χ0n) is 19.5. The number of amides is 2. The van der Waals surface area contributed by atoms with Gasteiger partial charge in [-0.25, -0.2) is 4.98 Å². The third kappa shape index (κ3) is 7.10. The second-order valence-electron chi connectivity index (χ2n) is 9.22. The van der Waals surface area contributed by atoms with Crippen LogP contribution in [0.1, 0.15) is 44.1 Å². The van der Waals surface area contributed by atoms with Crippen molar-refractivity contribution in [1.82, 2.24) is 25.5 Å². The van der Waals surface area contributed by atoms with Crippen LogP contribution in [-0.2, 0) is 9.53 Å². The Bertz CT molecular complexity index is 777. The molecule has 2 aliphatic rings. The summed E-state index contributed by atoms with van der Waals surface area (Å²) in [6.45, 7) is 12.1. The van der Waals surface area contributed by atoms with E-state index < -0.39 is 0 Å². The molecule has 1 aliphatic heterocycles. The molecule has 1 fully saturated rings. The monoisotopic (exact) mass is 443 g/mol. The van der Waals surface area contributed by atoms with Gasteiger partial charge in [0.1, 0.15) is 5.69 Å². The molecule has 3 atom stereocenters. The molecule has 0 saturated carbocycles. The molecule has 1 aromatic rings. The van der Waals surface area contributed by atoms with Gasteiger partial charge in [0.05, 0.1) is 19.4 Å². The summed E-state index contributed by atoms with van der Waals surface area (Å²) in [4.78, 5) is 35.3. The van der Waals surface area contributed by atoms with E-state index in [1.807, 2.05) is 0 Å². The van der Waals surface area contributed by atoms with Crippen molar-refractivity contribution in [2.24, 2.45) is 23.7 Å². The van der Waals surface area contributed by atoms with E-state index in [0.29, 0.717) is 37.0 Å². The minimum atomic E-state index is -0.201. The fraction of sp³-hybridized carbons (Fsp3) is 0.667. The Labute approximate surface area is 191 Å². The van der Waals surface area contributed by atoms with E-state index >= 15 is 0 Å². The first-order valence-corrected chi connectivity index (χ1v) is 11.7. The summed E-state index contributed by atoms with van der Waals surface area (Å²) in [7, 11) is 0. The van der Waals surface area contributed by atoms with Crippen LogP contribution in [0, 0.1) is 23.7 Å². The molecule has 2 N–H and O–H groups in total. The molecule has 8 nitrogen and oxygen atoms in total. The van der Waals surface area contributed by atoms with Crippen LogP contribution in [-0.4, -0.2) is 72.6 Å². The highest BCUT2D eigenvalue weighted by atomic mass is 16.5. The molecule has 1 aliphatic carbocycles. The van der Waals surface area contributed by atoms with Crippen LogP contribution in [0.25, 0.3) is 0 Å². The number of hydrogen-bond donors (Lipinski definition) is 2. The largest absolute Gasteiger partial charge is 0.379 e. The second-order valence-corrected chi connectivity index (χ2v) is 9.22. The highest BCUT2D eigenvalue weighted by molar-refractivity contribution is 5.91. The van der Waals surface area contributed by atoms with Gasteiger partial charge in [-0.05, 0) is 37.0 Å². The third-order valence-electron chi connectivity index (χ3n) is 6.66. The lowest BCUT2D eigenvalue weighted by atomic mass is 9.69. The molecule has 2 amide bonds. The van der Waals surface area contributed by atoms with Gasteiger partial charge in [0.2, 0.25) is 5.91 Å². The van der Waals surface area contributed by atoms with E-state index in [9.17, 15) is 9.59 Å². The van der Waals surface area contributed by atoms with Crippen molar-refractivity contribution in [3.63, 3.8) is 0 Å². The van der Waals surface area contributed by atoms with Crippen LogP contribution in [0.3, 0.4) is 0 Å². The van der Waals surface area contributed by atoms with E-state index in [-0.39, 0.29) is 23.7 Å². The van der Waals surface area contributed by atoms with Crippen LogP contribution in [0.2, 0.25) is 0 Å². The molecule has 0 unspecified atom stereocenters. The maximum atomic E-state index is 12.6. The summed E-state index contributed by atoms with van der Waals surface area (Å²) in [6, 6.07) is 0. The summed E-state index contributed by atoms with van der Waals surface area (Å²) >= 11 is 0. The van der Waals surface area contributed by atoms with E-state index in [1.165, 1.54) is 18.0 Å². The lowest BCUT2D eigenvalue weighted by molar-refractivity contribution is -0.122. The smallest absolute Gasteiger partial charge is 0.271 e. The Kier molecular flexibility index (Phi) is 9.17. The number of morpholine rings is 1. The SMILES string of the molecule is CC1=C[C@@H](CNC(=O)c2cnccn2)[C@H](C(C)C)C[C@H]1CC(=O)NCCN1CCOCC1. The zero-order valence-corrected chi connectivity index (χ0v) is 19.5. The quantitative estimate of drug-likeness (QED) is 0.566. The Morgan fingerprint density at radius 2 is 2.00 bits per heavy atom. The van der Waals surface area contributed by atoms with Gasteiger partial charge < -0.3 is 15.4 Å². The summed E-state index contributed by atoms with van der Waals surface area (Å²) in [5.41, 5.74) is 1.57. The normalized spacial score (nSPS) is 24.1. The lowest BCUT2D eigenvalue weighted by Crippen LogP contribution is -2.42. The molecule has 0 spiro atoms. The molecule has 0 radical (unpaired) electrons. The van der Waals surface area contributed by atoms with Gasteiger partial charge in [-0.2, -0.15) is 0 Å². The van der Waals surface area contributed by atoms with Gasteiger partial charge in [-0.1, -0.05) is 25.5 Å². The van der Waals surface area contributed by atoms with Crippen molar-refractivity contribution in [3.05, 3.63) is 35.9 Å². The summed E-state index contributed by atoms with van der Waals surface area (Å²) < 4.78 is 5.37. The van der Waals surface area contributed by atoms with Crippen molar-refractivity contribution in [3.8, 4) is 0 Å². The fourth-order valence-electron chi connectivity index (χ4n) is 4.70. The van der Waals surface area contributed by atoms with Gasteiger partial charge in [-0.3, -0.25) is 19.5 Å². The number of hydrogen-bond acceptors (Lipinski definition) is 6. The topological polar surface area (TPSA) is 96.5 Å². The van der Waals surface area contributed by atoms with Crippen LogP contribution in [0.4, 0.5) is 0 Å². The standard InChI is InChI=1S/C24H37N5O3/c1-17(2)21-13-19(14-23(30)27-6-7-29-8-10-32-11-9-29)18(3)12-20(21)15-28-24(31)22-16-25-4-5-26-22/h4-5,12,16-17,19-21H,6-11,13-15H2,1-3H3,(H,27,30)(H,28,31)/t19-,20-,21-/m0/s1.